The van der Waals surface area contributed by atoms with Crippen molar-refractivity contribution in [3.63, 3.8) is 0 Å². The minimum absolute atomic E-state index is 0.198. The van der Waals surface area contributed by atoms with Crippen LogP contribution in [0.1, 0.15) is 17.2 Å². The van der Waals surface area contributed by atoms with E-state index in [1.54, 1.807) is 0 Å². The molecule has 0 aliphatic carbocycles. The van der Waals surface area contributed by atoms with Gasteiger partial charge in [-0.05, 0) is 23.8 Å². The Balaban J connectivity index is 2.11. The van der Waals surface area contributed by atoms with Crippen LogP contribution in [0.4, 0.5) is 0 Å². The Kier molecular flexibility index (Phi) is 3.59. The van der Waals surface area contributed by atoms with Gasteiger partial charge in [0.15, 0.2) is 0 Å². The number of carboxylic acid groups (broad SMARTS) is 1. The Bertz CT molecular complexity index is 365. The zero-order chi connectivity index (χ0) is 10.7. The minimum Gasteiger partial charge on any atom is -0.481 e. The lowest BCUT2D eigenvalue weighted by Crippen LogP contribution is -2.07. The summed E-state index contributed by atoms with van der Waals surface area (Å²) >= 11 is 3.40. The highest BCUT2D eigenvalue weighted by atomic mass is 32.2. The first-order valence-electron chi connectivity index (χ1n) is 4.82. The van der Waals surface area contributed by atoms with Crippen LogP contribution >= 0.6 is 23.5 Å². The fourth-order valence-electron chi connectivity index (χ4n) is 1.65. The molecule has 15 heavy (non-hydrogen) atoms. The van der Waals surface area contributed by atoms with Crippen molar-refractivity contribution in [3.8, 4) is 0 Å². The van der Waals surface area contributed by atoms with Gasteiger partial charge in [0.05, 0.1) is 5.75 Å². The second-order valence-corrected chi connectivity index (χ2v) is 5.70. The SMILES string of the molecule is O=C(O)CSC1CCSc2ccccc21. The van der Waals surface area contributed by atoms with Gasteiger partial charge in [-0.3, -0.25) is 4.79 Å². The van der Waals surface area contributed by atoms with E-state index in [0.29, 0.717) is 5.25 Å². The monoisotopic (exact) mass is 240 g/mol. The summed E-state index contributed by atoms with van der Waals surface area (Å²) in [5.41, 5.74) is 1.31. The molecular formula is C11H12O2S2. The van der Waals surface area contributed by atoms with Crippen LogP contribution in [0.5, 0.6) is 0 Å². The van der Waals surface area contributed by atoms with Crippen LogP contribution in [0, 0.1) is 0 Å². The largest absolute Gasteiger partial charge is 0.481 e. The van der Waals surface area contributed by atoms with Crippen molar-refractivity contribution in [2.45, 2.75) is 16.6 Å². The molecule has 1 heterocycles. The number of rotatable bonds is 3. The second-order valence-electron chi connectivity index (χ2n) is 3.37. The summed E-state index contributed by atoms with van der Waals surface area (Å²) in [5, 5.41) is 9.03. The van der Waals surface area contributed by atoms with Crippen LogP contribution in [0.15, 0.2) is 29.2 Å². The van der Waals surface area contributed by atoms with E-state index in [9.17, 15) is 4.79 Å². The predicted molar refractivity (Wildman–Crippen MR) is 64.6 cm³/mol. The van der Waals surface area contributed by atoms with E-state index >= 15 is 0 Å². The smallest absolute Gasteiger partial charge is 0.313 e. The molecule has 0 saturated heterocycles. The van der Waals surface area contributed by atoms with Crippen molar-refractivity contribution in [3.05, 3.63) is 29.8 Å². The van der Waals surface area contributed by atoms with Crippen molar-refractivity contribution < 1.29 is 9.90 Å². The summed E-state index contributed by atoms with van der Waals surface area (Å²) in [6, 6.07) is 8.30. The quantitative estimate of drug-likeness (QED) is 0.881. The molecule has 1 atom stereocenters. The predicted octanol–water partition coefficient (Wildman–Crippen LogP) is 3.04. The van der Waals surface area contributed by atoms with Gasteiger partial charge in [0.25, 0.3) is 0 Å². The van der Waals surface area contributed by atoms with Crippen molar-refractivity contribution in [1.29, 1.82) is 0 Å². The maximum absolute atomic E-state index is 10.5. The van der Waals surface area contributed by atoms with Crippen LogP contribution in [0.25, 0.3) is 0 Å². The van der Waals surface area contributed by atoms with Gasteiger partial charge in [-0.15, -0.1) is 23.5 Å². The van der Waals surface area contributed by atoms with Gasteiger partial charge >= 0.3 is 5.97 Å². The molecule has 4 heteroatoms. The fraction of sp³-hybridized carbons (Fsp3) is 0.364. The topological polar surface area (TPSA) is 37.3 Å². The zero-order valence-corrected chi connectivity index (χ0v) is 9.81. The number of fused-ring (bicyclic) bond motifs is 1. The molecule has 2 rings (SSSR count). The first-order valence-corrected chi connectivity index (χ1v) is 6.86. The summed E-state index contributed by atoms with van der Waals surface area (Å²) in [4.78, 5) is 11.8. The van der Waals surface area contributed by atoms with Gasteiger partial charge in [-0.25, -0.2) is 0 Å². The molecule has 0 bridgehead atoms. The third-order valence-electron chi connectivity index (χ3n) is 2.31. The molecule has 1 unspecified atom stereocenters. The molecule has 1 aliphatic rings. The normalized spacial score (nSPS) is 19.6. The first-order chi connectivity index (χ1) is 7.27. The number of aliphatic carboxylic acids is 1. The third kappa shape index (κ3) is 2.69. The van der Waals surface area contributed by atoms with Gasteiger partial charge in [0.1, 0.15) is 0 Å². The molecule has 1 aromatic rings. The lowest BCUT2D eigenvalue weighted by molar-refractivity contribution is -0.133. The van der Waals surface area contributed by atoms with Crippen LogP contribution in [-0.2, 0) is 4.79 Å². The minimum atomic E-state index is -0.726. The van der Waals surface area contributed by atoms with Crippen molar-refractivity contribution >= 4 is 29.5 Å². The molecule has 1 aromatic carbocycles. The van der Waals surface area contributed by atoms with E-state index < -0.39 is 5.97 Å². The van der Waals surface area contributed by atoms with Crippen LogP contribution in [0.2, 0.25) is 0 Å². The number of benzene rings is 1. The molecule has 0 amide bonds. The Morgan fingerprint density at radius 2 is 2.33 bits per heavy atom. The Morgan fingerprint density at radius 3 is 3.13 bits per heavy atom. The van der Waals surface area contributed by atoms with Crippen LogP contribution in [-0.4, -0.2) is 22.6 Å². The summed E-state index contributed by atoms with van der Waals surface area (Å²) in [5.74, 6) is 0.563. The molecule has 0 radical (unpaired) electrons. The second kappa shape index (κ2) is 4.94. The van der Waals surface area contributed by atoms with E-state index in [0.717, 1.165) is 12.2 Å². The van der Waals surface area contributed by atoms with Gasteiger partial charge < -0.3 is 5.11 Å². The highest BCUT2D eigenvalue weighted by molar-refractivity contribution is 8.01. The van der Waals surface area contributed by atoms with E-state index in [1.807, 2.05) is 23.9 Å². The molecule has 0 aromatic heterocycles. The van der Waals surface area contributed by atoms with E-state index in [2.05, 4.69) is 12.1 Å². The molecular weight excluding hydrogens is 228 g/mol. The maximum atomic E-state index is 10.5. The standard InChI is InChI=1S/C11H12O2S2/c12-11(13)7-15-10-5-6-14-9-4-2-1-3-8(9)10/h1-4,10H,5-7H2,(H,12,13). The molecule has 0 saturated carbocycles. The molecule has 0 fully saturated rings. The van der Waals surface area contributed by atoms with E-state index in [4.69, 9.17) is 5.11 Å². The van der Waals surface area contributed by atoms with E-state index in [1.165, 1.54) is 22.2 Å². The summed E-state index contributed by atoms with van der Waals surface area (Å²) in [6.07, 6.45) is 1.07. The average Bonchev–Trinajstić information content (AvgIpc) is 2.26. The number of carboxylic acids is 1. The number of carbonyl (C=O) groups is 1. The zero-order valence-electron chi connectivity index (χ0n) is 8.18. The Morgan fingerprint density at radius 1 is 1.53 bits per heavy atom. The van der Waals surface area contributed by atoms with Crippen LogP contribution < -0.4 is 0 Å². The van der Waals surface area contributed by atoms with Crippen molar-refractivity contribution in [2.24, 2.45) is 0 Å². The van der Waals surface area contributed by atoms with Crippen LogP contribution in [0.3, 0.4) is 0 Å². The lowest BCUT2D eigenvalue weighted by Gasteiger charge is -2.23. The number of hydrogen-bond donors (Lipinski definition) is 1. The van der Waals surface area contributed by atoms with Gasteiger partial charge in [0, 0.05) is 10.1 Å². The molecule has 1 N–H and O–H groups in total. The van der Waals surface area contributed by atoms with Gasteiger partial charge in [-0.2, -0.15) is 0 Å². The van der Waals surface area contributed by atoms with Crippen molar-refractivity contribution in [1.82, 2.24) is 0 Å². The molecule has 1 aliphatic heterocycles. The maximum Gasteiger partial charge on any atom is 0.313 e. The first kappa shape index (κ1) is 10.9. The molecule has 2 nitrogen and oxygen atoms in total. The summed E-state index contributed by atoms with van der Waals surface area (Å²) < 4.78 is 0. The highest BCUT2D eigenvalue weighted by Crippen LogP contribution is 2.43. The van der Waals surface area contributed by atoms with E-state index in [-0.39, 0.29) is 5.75 Å². The van der Waals surface area contributed by atoms with Gasteiger partial charge in [0.2, 0.25) is 0 Å². The number of hydrogen-bond acceptors (Lipinski definition) is 3. The summed E-state index contributed by atoms with van der Waals surface area (Å²) in [7, 11) is 0. The highest BCUT2D eigenvalue weighted by Gasteiger charge is 2.21. The fourth-order valence-corrected chi connectivity index (χ4v) is 4.02. The average molecular weight is 240 g/mol. The lowest BCUT2D eigenvalue weighted by atomic mass is 10.1. The Hall–Kier alpha value is -0.610. The van der Waals surface area contributed by atoms with Crippen molar-refractivity contribution in [2.75, 3.05) is 11.5 Å². The third-order valence-corrected chi connectivity index (χ3v) is 4.74. The number of thioether (sulfide) groups is 2. The summed E-state index contributed by atoms with van der Waals surface area (Å²) in [6.45, 7) is 0. The Labute approximate surface area is 97.5 Å². The molecule has 0 spiro atoms. The van der Waals surface area contributed by atoms with Gasteiger partial charge in [-0.1, -0.05) is 18.2 Å². The molecule has 80 valence electrons.